The van der Waals surface area contributed by atoms with Crippen LogP contribution in [0.3, 0.4) is 0 Å². The van der Waals surface area contributed by atoms with Crippen molar-refractivity contribution < 1.29 is 4.79 Å². The van der Waals surface area contributed by atoms with Gasteiger partial charge in [-0.15, -0.1) is 0 Å². The third kappa shape index (κ3) is 5.79. The maximum absolute atomic E-state index is 13.0. The molecule has 1 unspecified atom stereocenters. The van der Waals surface area contributed by atoms with Gasteiger partial charge in [0.15, 0.2) is 0 Å². The summed E-state index contributed by atoms with van der Waals surface area (Å²) in [4.78, 5) is 16.4. The first kappa shape index (κ1) is 23.4. The molecule has 4 aromatic rings. The van der Waals surface area contributed by atoms with Gasteiger partial charge >= 0.3 is 0 Å². The summed E-state index contributed by atoms with van der Waals surface area (Å²) in [7, 11) is 0. The van der Waals surface area contributed by atoms with E-state index in [0.717, 1.165) is 18.4 Å². The molecule has 33 heavy (non-hydrogen) atoms. The van der Waals surface area contributed by atoms with E-state index in [1.807, 2.05) is 30.3 Å². The fourth-order valence-electron chi connectivity index (χ4n) is 4.42. The van der Waals surface area contributed by atoms with Crippen LogP contribution in [0.4, 0.5) is 0 Å². The van der Waals surface area contributed by atoms with Crippen LogP contribution >= 0.6 is 23.2 Å². The minimum absolute atomic E-state index is 0.0435. The van der Waals surface area contributed by atoms with Gasteiger partial charge in [0.05, 0.1) is 0 Å². The maximum Gasteiger partial charge on any atom is 0.220 e. The van der Waals surface area contributed by atoms with Crippen LogP contribution in [0.1, 0.15) is 41.5 Å². The molecule has 3 nitrogen and oxygen atoms in total. The van der Waals surface area contributed by atoms with E-state index >= 15 is 0 Å². The lowest BCUT2D eigenvalue weighted by Crippen LogP contribution is -2.27. The minimum atomic E-state index is 0.0435. The first-order chi connectivity index (χ1) is 16.0. The molecule has 2 N–H and O–H groups in total. The van der Waals surface area contributed by atoms with E-state index in [9.17, 15) is 4.79 Å². The lowest BCUT2D eigenvalue weighted by atomic mass is 9.88. The second-order valence-corrected chi connectivity index (χ2v) is 9.21. The predicted molar refractivity (Wildman–Crippen MR) is 138 cm³/mol. The monoisotopic (exact) mass is 478 g/mol. The lowest BCUT2D eigenvalue weighted by Gasteiger charge is -2.17. The summed E-state index contributed by atoms with van der Waals surface area (Å²) in [6.07, 6.45) is 4.94. The van der Waals surface area contributed by atoms with E-state index in [0.29, 0.717) is 29.4 Å². The number of aromatic amines is 1. The number of hydrogen-bond donors (Lipinski definition) is 2. The van der Waals surface area contributed by atoms with Gasteiger partial charge in [0.1, 0.15) is 0 Å². The number of amides is 1. The quantitative estimate of drug-likeness (QED) is 0.264. The van der Waals surface area contributed by atoms with Crippen molar-refractivity contribution in [2.24, 2.45) is 0 Å². The van der Waals surface area contributed by atoms with Crippen LogP contribution in [-0.2, 0) is 24.1 Å². The Morgan fingerprint density at radius 2 is 1.82 bits per heavy atom. The van der Waals surface area contributed by atoms with Gasteiger partial charge in [0, 0.05) is 40.1 Å². The Morgan fingerprint density at radius 3 is 2.58 bits per heavy atom. The van der Waals surface area contributed by atoms with Crippen LogP contribution in [0.15, 0.2) is 72.9 Å². The number of aromatic nitrogens is 1. The maximum atomic E-state index is 13.0. The number of H-pyrrole nitrogens is 1. The molecule has 0 radical (unpaired) electrons. The number of aryl methyl sites for hydroxylation is 1. The highest BCUT2D eigenvalue weighted by Crippen LogP contribution is 2.32. The fourth-order valence-corrected chi connectivity index (χ4v) is 4.92. The number of para-hydroxylation sites is 1. The number of hydrogen-bond acceptors (Lipinski definition) is 1. The van der Waals surface area contributed by atoms with Crippen LogP contribution in [-0.4, -0.2) is 17.4 Å². The second-order valence-electron chi connectivity index (χ2n) is 8.36. The molecule has 5 heteroatoms. The van der Waals surface area contributed by atoms with Gasteiger partial charge in [0.2, 0.25) is 5.91 Å². The molecule has 1 heterocycles. The van der Waals surface area contributed by atoms with Crippen LogP contribution in [0, 0.1) is 0 Å². The molecule has 0 spiro atoms. The van der Waals surface area contributed by atoms with E-state index < -0.39 is 0 Å². The number of benzene rings is 3. The van der Waals surface area contributed by atoms with Crippen LogP contribution < -0.4 is 5.32 Å². The van der Waals surface area contributed by atoms with Gasteiger partial charge in [-0.3, -0.25) is 4.79 Å². The summed E-state index contributed by atoms with van der Waals surface area (Å²) in [5, 5.41) is 5.53. The molecular weight excluding hydrogens is 451 g/mol. The summed E-state index contributed by atoms with van der Waals surface area (Å²) in [5.41, 5.74) is 5.86. The number of nitrogens with one attached hydrogen (secondary N) is 2. The average molecular weight is 479 g/mol. The zero-order valence-electron chi connectivity index (χ0n) is 18.7. The van der Waals surface area contributed by atoms with E-state index in [1.54, 1.807) is 6.07 Å². The smallest absolute Gasteiger partial charge is 0.220 e. The van der Waals surface area contributed by atoms with E-state index in [2.05, 4.69) is 53.8 Å². The molecule has 0 saturated heterocycles. The van der Waals surface area contributed by atoms with E-state index in [-0.39, 0.29) is 11.8 Å². The molecule has 1 atom stereocenters. The summed E-state index contributed by atoms with van der Waals surface area (Å²) < 4.78 is 0. The van der Waals surface area contributed by atoms with Gasteiger partial charge < -0.3 is 10.3 Å². The Bertz CT molecular complexity index is 1230. The van der Waals surface area contributed by atoms with E-state index in [1.165, 1.54) is 27.6 Å². The Balaban J connectivity index is 1.50. The molecule has 1 amide bonds. The van der Waals surface area contributed by atoms with Crippen molar-refractivity contribution >= 4 is 40.0 Å². The van der Waals surface area contributed by atoms with Gasteiger partial charge in [-0.25, -0.2) is 0 Å². The highest BCUT2D eigenvalue weighted by molar-refractivity contribution is 6.35. The van der Waals surface area contributed by atoms with Crippen molar-refractivity contribution in [1.82, 2.24) is 10.3 Å². The normalized spacial score (nSPS) is 12.1. The Hall–Kier alpha value is -2.75. The van der Waals surface area contributed by atoms with E-state index in [4.69, 9.17) is 23.2 Å². The topological polar surface area (TPSA) is 44.9 Å². The zero-order valence-corrected chi connectivity index (χ0v) is 20.2. The van der Waals surface area contributed by atoms with Gasteiger partial charge in [-0.1, -0.05) is 84.7 Å². The Labute approximate surface area is 205 Å². The molecule has 0 aliphatic heterocycles. The molecule has 0 bridgehead atoms. The van der Waals surface area contributed by atoms with Gasteiger partial charge in [-0.2, -0.15) is 0 Å². The van der Waals surface area contributed by atoms with Crippen molar-refractivity contribution in [3.63, 3.8) is 0 Å². The van der Waals surface area contributed by atoms with Gasteiger partial charge in [-0.05, 0) is 59.6 Å². The summed E-state index contributed by atoms with van der Waals surface area (Å²) in [6.45, 7) is 2.70. The number of carbonyl (C=O) groups is 1. The first-order valence-electron chi connectivity index (χ1n) is 11.4. The molecule has 0 saturated carbocycles. The molecule has 170 valence electrons. The van der Waals surface area contributed by atoms with Crippen molar-refractivity contribution in [3.8, 4) is 0 Å². The molecule has 0 aliphatic carbocycles. The lowest BCUT2D eigenvalue weighted by molar-refractivity contribution is -0.121. The molecular formula is C28H28Cl2N2O. The van der Waals surface area contributed by atoms with Gasteiger partial charge in [0.25, 0.3) is 0 Å². The predicted octanol–water partition coefficient (Wildman–Crippen LogP) is 7.11. The summed E-state index contributed by atoms with van der Waals surface area (Å²) >= 11 is 12.2. The zero-order chi connectivity index (χ0) is 23.2. The Morgan fingerprint density at radius 1 is 1.00 bits per heavy atom. The number of rotatable bonds is 9. The fraction of sp³-hybridized carbons (Fsp3) is 0.250. The van der Waals surface area contributed by atoms with Crippen molar-refractivity contribution in [3.05, 3.63) is 105 Å². The molecule has 4 rings (SSSR count). The summed E-state index contributed by atoms with van der Waals surface area (Å²) in [5.74, 6) is 0.120. The molecule has 0 fully saturated rings. The largest absolute Gasteiger partial charge is 0.361 e. The van der Waals surface area contributed by atoms with Crippen LogP contribution in [0.5, 0.6) is 0 Å². The van der Waals surface area contributed by atoms with Crippen molar-refractivity contribution in [2.45, 2.75) is 38.5 Å². The van der Waals surface area contributed by atoms with Crippen LogP contribution in [0.25, 0.3) is 10.9 Å². The van der Waals surface area contributed by atoms with Crippen molar-refractivity contribution in [1.29, 1.82) is 0 Å². The summed E-state index contributed by atoms with van der Waals surface area (Å²) in [6, 6.07) is 22.2. The standard InChI is InChI=1S/C28H28Cl2N2O/c1-2-20-9-6-10-24-25(18-32-28(20)24)22(15-19-7-4-3-5-8-19)16-27(33)31-14-13-21-11-12-23(29)17-26(21)30/h3-12,17-18,22,32H,2,13-16H2,1H3,(H,31,33). The average Bonchev–Trinajstić information content (AvgIpc) is 3.25. The first-order valence-corrected chi connectivity index (χ1v) is 12.1. The SMILES string of the molecule is CCc1cccc2c(C(CC(=O)NCCc3ccc(Cl)cc3Cl)Cc3ccccc3)c[nH]c12. The third-order valence-corrected chi connectivity index (χ3v) is 6.73. The number of fused-ring (bicyclic) bond motifs is 1. The molecule has 3 aromatic carbocycles. The van der Waals surface area contributed by atoms with Crippen LogP contribution in [0.2, 0.25) is 10.0 Å². The minimum Gasteiger partial charge on any atom is -0.361 e. The number of halogens is 2. The Kier molecular flexibility index (Phi) is 7.74. The van der Waals surface area contributed by atoms with Crippen molar-refractivity contribution in [2.75, 3.05) is 6.54 Å². The third-order valence-electron chi connectivity index (χ3n) is 6.14. The molecule has 1 aromatic heterocycles. The molecule has 0 aliphatic rings. The highest BCUT2D eigenvalue weighted by Gasteiger charge is 2.21. The second kappa shape index (κ2) is 10.9. The number of carbonyl (C=O) groups excluding carboxylic acids is 1. The highest BCUT2D eigenvalue weighted by atomic mass is 35.5.